The molecule has 0 spiro atoms. The molecule has 3 atom stereocenters. The largest absolute Gasteiger partial charge is 0.424 e. The number of amides is 1. The normalized spacial score (nSPS) is 16.1. The maximum atomic E-state index is 12.8. The fraction of sp³-hybridized carbons (Fsp3) is 0.462. The van der Waals surface area contributed by atoms with Crippen LogP contribution in [0.4, 0.5) is 5.69 Å². The number of esters is 1. The lowest BCUT2D eigenvalue weighted by atomic mass is 9.90. The lowest BCUT2D eigenvalue weighted by molar-refractivity contribution is -0.138. The topological polar surface area (TPSA) is 87.7 Å². The number of aliphatic hydroxyl groups is 1. The molecule has 1 heterocycles. The van der Waals surface area contributed by atoms with Gasteiger partial charge in [-0.05, 0) is 42.0 Å². The monoisotopic (exact) mass is 438 g/mol. The Balaban J connectivity index is 1.84. The van der Waals surface area contributed by atoms with Gasteiger partial charge in [-0.25, -0.2) is 0 Å². The number of carbonyl (C=O) groups excluding carboxylic acids is 2. The van der Waals surface area contributed by atoms with Crippen molar-refractivity contribution in [2.75, 3.05) is 5.32 Å². The molecular formula is C26H34N2O4. The molecule has 6 heteroatoms. The van der Waals surface area contributed by atoms with Crippen LogP contribution in [-0.2, 0) is 22.4 Å². The van der Waals surface area contributed by atoms with E-state index in [1.54, 1.807) is 6.07 Å². The van der Waals surface area contributed by atoms with E-state index in [1.807, 2.05) is 64.1 Å². The third-order valence-electron chi connectivity index (χ3n) is 5.86. The van der Waals surface area contributed by atoms with Crippen molar-refractivity contribution >= 4 is 17.6 Å². The quantitative estimate of drug-likeness (QED) is 0.404. The van der Waals surface area contributed by atoms with Crippen molar-refractivity contribution in [1.29, 1.82) is 0 Å². The van der Waals surface area contributed by atoms with Crippen LogP contribution in [0.1, 0.15) is 63.3 Å². The Bertz CT molecular complexity index is 942. The van der Waals surface area contributed by atoms with Crippen molar-refractivity contribution in [2.45, 2.75) is 71.6 Å². The Morgan fingerprint density at radius 1 is 1.12 bits per heavy atom. The van der Waals surface area contributed by atoms with Crippen LogP contribution in [0.25, 0.3) is 0 Å². The van der Waals surface area contributed by atoms with E-state index >= 15 is 0 Å². The summed E-state index contributed by atoms with van der Waals surface area (Å²) in [6, 6.07) is 13.4. The van der Waals surface area contributed by atoms with Gasteiger partial charge in [-0.1, -0.05) is 64.1 Å². The Morgan fingerprint density at radius 3 is 2.50 bits per heavy atom. The molecule has 172 valence electrons. The average molecular weight is 439 g/mol. The molecule has 3 rings (SSSR count). The summed E-state index contributed by atoms with van der Waals surface area (Å²) in [5.41, 5.74) is 3.16. The van der Waals surface area contributed by atoms with Crippen molar-refractivity contribution in [2.24, 2.45) is 5.92 Å². The number of hydrogen-bond acceptors (Lipinski definition) is 5. The van der Waals surface area contributed by atoms with E-state index in [0.717, 1.165) is 23.1 Å². The molecule has 3 N–H and O–H groups in total. The van der Waals surface area contributed by atoms with Crippen LogP contribution in [0.3, 0.4) is 0 Å². The van der Waals surface area contributed by atoms with Crippen molar-refractivity contribution in [3.05, 3.63) is 59.2 Å². The molecular weight excluding hydrogens is 404 g/mol. The van der Waals surface area contributed by atoms with Gasteiger partial charge in [0.05, 0.1) is 17.7 Å². The van der Waals surface area contributed by atoms with E-state index in [4.69, 9.17) is 4.74 Å². The first kappa shape index (κ1) is 24.0. The molecule has 0 bridgehead atoms. The number of nitrogens with one attached hydrogen (secondary N) is 2. The molecule has 1 aliphatic heterocycles. The van der Waals surface area contributed by atoms with E-state index in [9.17, 15) is 14.7 Å². The Morgan fingerprint density at radius 2 is 1.84 bits per heavy atom. The zero-order valence-corrected chi connectivity index (χ0v) is 19.4. The van der Waals surface area contributed by atoms with Crippen LogP contribution in [0.2, 0.25) is 0 Å². The first-order chi connectivity index (χ1) is 15.3. The summed E-state index contributed by atoms with van der Waals surface area (Å²) >= 11 is 0. The number of fused-ring (bicyclic) bond motifs is 1. The highest BCUT2D eigenvalue weighted by molar-refractivity contribution is 5.96. The van der Waals surface area contributed by atoms with E-state index in [1.165, 1.54) is 0 Å². The highest BCUT2D eigenvalue weighted by Gasteiger charge is 2.29. The lowest BCUT2D eigenvalue weighted by Gasteiger charge is -2.30. The van der Waals surface area contributed by atoms with E-state index in [2.05, 4.69) is 10.6 Å². The molecule has 2 aromatic rings. The summed E-state index contributed by atoms with van der Waals surface area (Å²) in [6.45, 7) is 7.96. The second-order valence-corrected chi connectivity index (χ2v) is 8.85. The number of benzene rings is 2. The van der Waals surface area contributed by atoms with Gasteiger partial charge >= 0.3 is 5.97 Å². The first-order valence-electron chi connectivity index (χ1n) is 11.5. The van der Waals surface area contributed by atoms with Crippen LogP contribution in [0.5, 0.6) is 5.75 Å². The maximum absolute atomic E-state index is 12.8. The molecule has 0 radical (unpaired) electrons. The SMILES string of the molecule is CCC(NC(C)C)C(O)c1ccc(OC(=O)C(C)Cc2ccccc2)c2c1CCC(=O)N2. The first-order valence-corrected chi connectivity index (χ1v) is 11.5. The molecule has 1 aliphatic rings. The fourth-order valence-corrected chi connectivity index (χ4v) is 4.19. The predicted molar refractivity (Wildman–Crippen MR) is 126 cm³/mol. The molecule has 0 aliphatic carbocycles. The van der Waals surface area contributed by atoms with Crippen molar-refractivity contribution in [3.63, 3.8) is 0 Å². The van der Waals surface area contributed by atoms with E-state index in [0.29, 0.717) is 30.7 Å². The van der Waals surface area contributed by atoms with Gasteiger partial charge in [0.1, 0.15) is 0 Å². The molecule has 3 unspecified atom stereocenters. The Kier molecular flexibility index (Phi) is 8.04. The van der Waals surface area contributed by atoms with E-state index < -0.39 is 6.10 Å². The van der Waals surface area contributed by atoms with Crippen LogP contribution in [0.15, 0.2) is 42.5 Å². The highest BCUT2D eigenvalue weighted by Crippen LogP contribution is 2.39. The molecule has 1 amide bonds. The fourth-order valence-electron chi connectivity index (χ4n) is 4.19. The minimum Gasteiger partial charge on any atom is -0.424 e. The molecule has 2 aromatic carbocycles. The lowest BCUT2D eigenvalue weighted by Crippen LogP contribution is -2.39. The van der Waals surface area contributed by atoms with Gasteiger partial charge in [0.2, 0.25) is 5.91 Å². The number of carbonyl (C=O) groups is 2. The van der Waals surface area contributed by atoms with Gasteiger partial charge in [-0.3, -0.25) is 9.59 Å². The zero-order chi connectivity index (χ0) is 23.3. The Hall–Kier alpha value is -2.70. The number of ether oxygens (including phenoxy) is 1. The molecule has 0 saturated carbocycles. The van der Waals surface area contributed by atoms with Crippen molar-refractivity contribution in [3.8, 4) is 5.75 Å². The second kappa shape index (κ2) is 10.7. The standard InChI is InChI=1S/C26H34N2O4/c1-5-21(27-16(2)3)25(30)20-11-13-22(24-19(20)12-14-23(29)28-24)32-26(31)17(4)15-18-9-7-6-8-10-18/h6-11,13,16-17,21,25,27,30H,5,12,14-15H2,1-4H3,(H,28,29). The minimum absolute atomic E-state index is 0.115. The summed E-state index contributed by atoms with van der Waals surface area (Å²) < 4.78 is 5.73. The van der Waals surface area contributed by atoms with Crippen LogP contribution in [0, 0.1) is 5.92 Å². The third-order valence-corrected chi connectivity index (χ3v) is 5.86. The number of rotatable bonds is 9. The third kappa shape index (κ3) is 5.75. The van der Waals surface area contributed by atoms with Gasteiger partial charge in [-0.15, -0.1) is 0 Å². The van der Waals surface area contributed by atoms with E-state index in [-0.39, 0.29) is 29.9 Å². The molecule has 0 aromatic heterocycles. The number of hydrogen-bond donors (Lipinski definition) is 3. The summed E-state index contributed by atoms with van der Waals surface area (Å²) in [6.07, 6.45) is 1.44. The second-order valence-electron chi connectivity index (χ2n) is 8.85. The average Bonchev–Trinajstić information content (AvgIpc) is 2.77. The van der Waals surface area contributed by atoms with Crippen molar-refractivity contribution < 1.29 is 19.4 Å². The number of aliphatic hydroxyl groups excluding tert-OH is 1. The molecule has 32 heavy (non-hydrogen) atoms. The summed E-state index contributed by atoms with van der Waals surface area (Å²) in [7, 11) is 0. The summed E-state index contributed by atoms with van der Waals surface area (Å²) in [4.78, 5) is 24.9. The van der Waals surface area contributed by atoms with Crippen LogP contribution in [-0.4, -0.2) is 29.1 Å². The molecule has 6 nitrogen and oxygen atoms in total. The Labute approximate surface area is 190 Å². The van der Waals surface area contributed by atoms with Crippen LogP contribution < -0.4 is 15.4 Å². The predicted octanol–water partition coefficient (Wildman–Crippen LogP) is 4.17. The minimum atomic E-state index is -0.729. The summed E-state index contributed by atoms with van der Waals surface area (Å²) in [5, 5.41) is 17.4. The van der Waals surface area contributed by atoms with Gasteiger partial charge < -0.3 is 20.5 Å². The molecule has 0 fully saturated rings. The van der Waals surface area contributed by atoms with Crippen LogP contribution >= 0.6 is 0 Å². The van der Waals surface area contributed by atoms with Gasteiger partial charge in [-0.2, -0.15) is 0 Å². The number of anilines is 1. The smallest absolute Gasteiger partial charge is 0.314 e. The maximum Gasteiger partial charge on any atom is 0.314 e. The summed E-state index contributed by atoms with van der Waals surface area (Å²) in [5.74, 6) is -0.473. The zero-order valence-electron chi connectivity index (χ0n) is 19.4. The van der Waals surface area contributed by atoms with Crippen molar-refractivity contribution in [1.82, 2.24) is 5.32 Å². The van der Waals surface area contributed by atoms with Gasteiger partial charge in [0.15, 0.2) is 5.75 Å². The molecule has 0 saturated heterocycles. The van der Waals surface area contributed by atoms with Gasteiger partial charge in [0.25, 0.3) is 0 Å². The van der Waals surface area contributed by atoms with Gasteiger partial charge in [0, 0.05) is 18.5 Å². The highest BCUT2D eigenvalue weighted by atomic mass is 16.5.